The molecule has 0 bridgehead atoms. The van der Waals surface area contributed by atoms with Gasteiger partial charge in [0.2, 0.25) is 5.91 Å². The maximum absolute atomic E-state index is 11.7. The first-order valence-electron chi connectivity index (χ1n) is 6.03. The molecule has 0 radical (unpaired) electrons. The molecule has 1 N–H and O–H groups in total. The van der Waals surface area contributed by atoms with E-state index < -0.39 is 11.9 Å². The van der Waals surface area contributed by atoms with E-state index in [4.69, 9.17) is 0 Å². The molecule has 0 saturated carbocycles. The van der Waals surface area contributed by atoms with Crippen LogP contribution in [-0.2, 0) is 16.0 Å². The Hall–Kier alpha value is -0.840. The number of hydrogen-bond acceptors (Lipinski definition) is 3. The molecule has 0 fully saturated rings. The van der Waals surface area contributed by atoms with Crippen LogP contribution in [0.4, 0.5) is 0 Å². The molecule has 0 aliphatic carbocycles. The molecule has 0 aliphatic rings. The first-order chi connectivity index (χ1) is 8.49. The van der Waals surface area contributed by atoms with Crippen LogP contribution in [0, 0.1) is 5.92 Å². The van der Waals surface area contributed by atoms with Gasteiger partial charge in [-0.1, -0.05) is 37.3 Å². The molecule has 5 heteroatoms. The summed E-state index contributed by atoms with van der Waals surface area (Å²) in [5, 5.41) is 13.2. The Kier molecular flexibility index (Phi) is 8.72. The largest absolute Gasteiger partial charge is 1.00 e. The van der Waals surface area contributed by atoms with Gasteiger partial charge in [0.1, 0.15) is 0 Å². The maximum atomic E-state index is 11.7. The summed E-state index contributed by atoms with van der Waals surface area (Å²) in [6.45, 7) is 3.48. The summed E-state index contributed by atoms with van der Waals surface area (Å²) in [6, 6.07) is 9.80. The van der Waals surface area contributed by atoms with Crippen LogP contribution in [0.2, 0.25) is 0 Å². The molecule has 0 heterocycles. The van der Waals surface area contributed by atoms with E-state index in [2.05, 4.69) is 5.32 Å². The van der Waals surface area contributed by atoms with Crippen LogP contribution >= 0.6 is 0 Å². The van der Waals surface area contributed by atoms with Gasteiger partial charge >= 0.3 is 29.6 Å². The van der Waals surface area contributed by atoms with Gasteiger partial charge in [-0.25, -0.2) is 0 Å². The topological polar surface area (TPSA) is 69.2 Å². The molecule has 1 aromatic rings. The van der Waals surface area contributed by atoms with Crippen LogP contribution in [-0.4, -0.2) is 17.9 Å². The number of carbonyl (C=O) groups is 2. The molecule has 0 aromatic heterocycles. The van der Waals surface area contributed by atoms with Gasteiger partial charge in [0.15, 0.2) is 0 Å². The minimum absolute atomic E-state index is 0. The van der Waals surface area contributed by atoms with Crippen molar-refractivity contribution in [2.24, 2.45) is 5.92 Å². The van der Waals surface area contributed by atoms with Crippen molar-refractivity contribution in [2.45, 2.75) is 32.7 Å². The van der Waals surface area contributed by atoms with E-state index in [0.29, 0.717) is 0 Å². The zero-order chi connectivity index (χ0) is 13.5. The number of nitrogens with one attached hydrogen (secondary N) is 1. The van der Waals surface area contributed by atoms with Crippen molar-refractivity contribution in [3.63, 3.8) is 0 Å². The van der Waals surface area contributed by atoms with E-state index in [0.717, 1.165) is 12.0 Å². The van der Waals surface area contributed by atoms with Crippen LogP contribution in [0.25, 0.3) is 0 Å². The van der Waals surface area contributed by atoms with Crippen molar-refractivity contribution in [3.8, 4) is 0 Å². The molecule has 19 heavy (non-hydrogen) atoms. The first-order valence-corrected chi connectivity index (χ1v) is 6.03. The predicted molar refractivity (Wildman–Crippen MR) is 66.5 cm³/mol. The molecule has 0 saturated heterocycles. The molecule has 2 unspecified atom stereocenters. The van der Waals surface area contributed by atoms with E-state index in [-0.39, 0.29) is 47.9 Å². The van der Waals surface area contributed by atoms with Gasteiger partial charge in [0.25, 0.3) is 0 Å². The third-order valence-electron chi connectivity index (χ3n) is 2.69. The standard InChI is InChI=1S/C14H19NO3.Na/c1-10(8-13(16)17)14(18)15-11(2)9-12-6-4-3-5-7-12;/h3-7,10-11H,8-9H2,1-2H3,(H,15,18)(H,16,17);/q;+1/p-1. The van der Waals surface area contributed by atoms with E-state index >= 15 is 0 Å². The summed E-state index contributed by atoms with van der Waals surface area (Å²) in [5.74, 6) is -2.01. The minimum atomic E-state index is -1.20. The number of amides is 1. The van der Waals surface area contributed by atoms with Gasteiger partial charge in [-0.15, -0.1) is 0 Å². The van der Waals surface area contributed by atoms with Crippen molar-refractivity contribution in [3.05, 3.63) is 35.9 Å². The minimum Gasteiger partial charge on any atom is -0.550 e. The maximum Gasteiger partial charge on any atom is 1.00 e. The molecule has 0 aliphatic heterocycles. The van der Waals surface area contributed by atoms with E-state index in [9.17, 15) is 14.7 Å². The van der Waals surface area contributed by atoms with Crippen molar-refractivity contribution in [1.82, 2.24) is 5.32 Å². The van der Waals surface area contributed by atoms with Crippen molar-refractivity contribution in [2.75, 3.05) is 0 Å². The van der Waals surface area contributed by atoms with Crippen LogP contribution in [0.3, 0.4) is 0 Å². The van der Waals surface area contributed by atoms with Gasteiger partial charge in [-0.3, -0.25) is 4.79 Å². The van der Waals surface area contributed by atoms with E-state index in [1.54, 1.807) is 6.92 Å². The third kappa shape index (κ3) is 7.35. The van der Waals surface area contributed by atoms with Gasteiger partial charge in [-0.2, -0.15) is 0 Å². The molecule has 1 aromatic carbocycles. The van der Waals surface area contributed by atoms with Gasteiger partial charge in [-0.05, 0) is 25.3 Å². The Morgan fingerprint density at radius 2 is 1.79 bits per heavy atom. The number of carboxylic acids is 1. The number of hydrogen-bond donors (Lipinski definition) is 1. The first kappa shape index (κ1) is 18.2. The number of carbonyl (C=O) groups excluding carboxylic acids is 2. The van der Waals surface area contributed by atoms with Crippen molar-refractivity contribution < 1.29 is 44.3 Å². The average Bonchev–Trinajstić information content (AvgIpc) is 2.29. The van der Waals surface area contributed by atoms with Crippen molar-refractivity contribution >= 4 is 11.9 Å². The molecular formula is C14H18NNaO3. The Morgan fingerprint density at radius 1 is 1.21 bits per heavy atom. The Labute approximate surface area is 135 Å². The van der Waals surface area contributed by atoms with E-state index in [1.165, 1.54) is 0 Å². The average molecular weight is 271 g/mol. The van der Waals surface area contributed by atoms with Crippen LogP contribution in [0.5, 0.6) is 0 Å². The number of aliphatic carboxylic acids is 1. The van der Waals surface area contributed by atoms with Crippen LogP contribution in [0.15, 0.2) is 30.3 Å². The fourth-order valence-corrected chi connectivity index (χ4v) is 1.75. The van der Waals surface area contributed by atoms with Gasteiger partial charge < -0.3 is 15.2 Å². The summed E-state index contributed by atoms with van der Waals surface area (Å²) in [6.07, 6.45) is 0.481. The summed E-state index contributed by atoms with van der Waals surface area (Å²) >= 11 is 0. The smallest absolute Gasteiger partial charge is 0.550 e. The predicted octanol–water partition coefficient (Wildman–Crippen LogP) is -2.49. The molecule has 98 valence electrons. The van der Waals surface area contributed by atoms with Gasteiger partial charge in [0, 0.05) is 17.9 Å². The molecule has 1 rings (SSSR count). The molecular weight excluding hydrogens is 253 g/mol. The van der Waals surface area contributed by atoms with Crippen molar-refractivity contribution in [1.29, 1.82) is 0 Å². The zero-order valence-electron chi connectivity index (χ0n) is 11.7. The Balaban J connectivity index is 0.00000324. The third-order valence-corrected chi connectivity index (χ3v) is 2.69. The number of carboxylic acid groups (broad SMARTS) is 1. The molecule has 0 spiro atoms. The second-order valence-electron chi connectivity index (χ2n) is 4.58. The molecule has 4 nitrogen and oxygen atoms in total. The van der Waals surface area contributed by atoms with Crippen LogP contribution < -0.4 is 40.0 Å². The fourth-order valence-electron chi connectivity index (χ4n) is 1.75. The molecule has 1 amide bonds. The van der Waals surface area contributed by atoms with Gasteiger partial charge in [0.05, 0.1) is 0 Å². The molecule has 2 atom stereocenters. The SMILES string of the molecule is CC(Cc1ccccc1)NC(=O)C(C)CC(=O)[O-].[Na+]. The summed E-state index contributed by atoms with van der Waals surface area (Å²) in [7, 11) is 0. The zero-order valence-corrected chi connectivity index (χ0v) is 13.7. The Morgan fingerprint density at radius 3 is 2.32 bits per heavy atom. The fraction of sp³-hybridized carbons (Fsp3) is 0.429. The monoisotopic (exact) mass is 271 g/mol. The van der Waals surface area contributed by atoms with Crippen LogP contribution in [0.1, 0.15) is 25.8 Å². The normalized spacial score (nSPS) is 12.9. The second-order valence-corrected chi connectivity index (χ2v) is 4.58. The summed E-state index contributed by atoms with van der Waals surface area (Å²) in [5.41, 5.74) is 1.14. The van der Waals surface area contributed by atoms with E-state index in [1.807, 2.05) is 37.3 Å². The Bertz CT molecular complexity index is 408. The summed E-state index contributed by atoms with van der Waals surface area (Å²) < 4.78 is 0. The quantitative estimate of drug-likeness (QED) is 0.582. The number of benzene rings is 1. The second kappa shape index (κ2) is 9.13. The summed E-state index contributed by atoms with van der Waals surface area (Å²) in [4.78, 5) is 22.1. The number of rotatable bonds is 6.